The van der Waals surface area contributed by atoms with Gasteiger partial charge in [0.2, 0.25) is 11.9 Å². The van der Waals surface area contributed by atoms with Gasteiger partial charge in [0, 0.05) is 0 Å². The molecule has 2 aromatic heterocycles. The van der Waals surface area contributed by atoms with Crippen molar-refractivity contribution in [1.82, 2.24) is 19.7 Å². The summed E-state index contributed by atoms with van der Waals surface area (Å²) in [7, 11) is 0. The van der Waals surface area contributed by atoms with E-state index >= 15 is 0 Å². The first kappa shape index (κ1) is 16.7. The van der Waals surface area contributed by atoms with Gasteiger partial charge in [-0.3, -0.25) is 9.36 Å². The number of amides is 1. The van der Waals surface area contributed by atoms with E-state index in [0.717, 1.165) is 15.8 Å². The zero-order valence-corrected chi connectivity index (χ0v) is 15.2. The van der Waals surface area contributed by atoms with E-state index in [0.29, 0.717) is 16.7 Å². The fraction of sp³-hybridized carbons (Fsp3) is 0.333. The zero-order chi connectivity index (χ0) is 17.3. The third-order valence-corrected chi connectivity index (χ3v) is 5.23. The van der Waals surface area contributed by atoms with E-state index in [1.54, 1.807) is 4.57 Å². The molecule has 0 aliphatic heterocycles. The number of thioether (sulfide) groups is 1. The number of carbonyl (C=O) groups excluding carboxylic acids is 1. The summed E-state index contributed by atoms with van der Waals surface area (Å²) in [5.41, 5.74) is 7.93. The number of aryl methyl sites for hydroxylation is 1. The fourth-order valence-electron chi connectivity index (χ4n) is 2.48. The number of anilines is 2. The Kier molecular flexibility index (Phi) is 4.72. The highest BCUT2D eigenvalue weighted by Crippen LogP contribution is 2.29. The van der Waals surface area contributed by atoms with Gasteiger partial charge in [-0.1, -0.05) is 36.1 Å². The van der Waals surface area contributed by atoms with E-state index in [4.69, 9.17) is 5.73 Å². The average Bonchev–Trinajstić information content (AvgIpc) is 3.11. The standard InChI is InChI=1S/C15H18N6OS2/c1-4-10(21-13(16)19-20-15(21)23-3)12(22)18-14-17-9-6-5-8(2)7-11(9)24-14/h5-7,10H,4H2,1-3H3,(H2,16,19)(H,17,18,22). The summed E-state index contributed by atoms with van der Waals surface area (Å²) in [6, 6.07) is 5.54. The fourth-order valence-corrected chi connectivity index (χ4v) is 3.99. The maximum Gasteiger partial charge on any atom is 0.249 e. The van der Waals surface area contributed by atoms with E-state index < -0.39 is 6.04 Å². The highest BCUT2D eigenvalue weighted by atomic mass is 32.2. The molecule has 0 bridgehead atoms. The van der Waals surface area contributed by atoms with Gasteiger partial charge in [0.25, 0.3) is 0 Å². The molecule has 1 aromatic carbocycles. The molecule has 0 saturated heterocycles. The lowest BCUT2D eigenvalue weighted by Gasteiger charge is -2.17. The predicted molar refractivity (Wildman–Crippen MR) is 98.5 cm³/mol. The van der Waals surface area contributed by atoms with Crippen LogP contribution in [0.1, 0.15) is 24.9 Å². The minimum absolute atomic E-state index is 0.171. The molecular weight excluding hydrogens is 344 g/mol. The number of benzene rings is 1. The number of aromatic nitrogens is 4. The van der Waals surface area contributed by atoms with E-state index in [9.17, 15) is 4.79 Å². The lowest BCUT2D eigenvalue weighted by molar-refractivity contribution is -0.119. The molecule has 7 nitrogen and oxygen atoms in total. The van der Waals surface area contributed by atoms with Crippen LogP contribution in [0.15, 0.2) is 23.4 Å². The molecule has 9 heteroatoms. The Morgan fingerprint density at radius 3 is 2.96 bits per heavy atom. The van der Waals surface area contributed by atoms with Crippen LogP contribution >= 0.6 is 23.1 Å². The summed E-state index contributed by atoms with van der Waals surface area (Å²) in [5.74, 6) is 0.0661. The molecule has 1 unspecified atom stereocenters. The van der Waals surface area contributed by atoms with Crippen molar-refractivity contribution in [3.8, 4) is 0 Å². The van der Waals surface area contributed by atoms with Crippen LogP contribution in [0.25, 0.3) is 10.2 Å². The largest absolute Gasteiger partial charge is 0.368 e. The van der Waals surface area contributed by atoms with Crippen molar-refractivity contribution in [1.29, 1.82) is 0 Å². The number of thiazole rings is 1. The maximum atomic E-state index is 12.7. The summed E-state index contributed by atoms with van der Waals surface area (Å²) in [5, 5.41) is 12.0. The molecule has 0 aliphatic carbocycles. The van der Waals surface area contributed by atoms with Crippen LogP contribution in [0.5, 0.6) is 0 Å². The molecule has 3 N–H and O–H groups in total. The van der Waals surface area contributed by atoms with Crippen LogP contribution in [0.2, 0.25) is 0 Å². The summed E-state index contributed by atoms with van der Waals surface area (Å²) < 4.78 is 2.71. The molecule has 3 aromatic rings. The topological polar surface area (TPSA) is 98.7 Å². The summed E-state index contributed by atoms with van der Waals surface area (Å²) in [4.78, 5) is 17.2. The highest BCUT2D eigenvalue weighted by molar-refractivity contribution is 7.98. The van der Waals surface area contributed by atoms with E-state index in [2.05, 4.69) is 26.6 Å². The second-order valence-corrected chi connectivity index (χ2v) is 7.12. The minimum atomic E-state index is -0.476. The maximum absolute atomic E-state index is 12.7. The number of nitrogen functional groups attached to an aromatic ring is 1. The Morgan fingerprint density at radius 2 is 2.25 bits per heavy atom. The molecular formula is C15H18N6OS2. The van der Waals surface area contributed by atoms with Crippen molar-refractivity contribution >= 4 is 50.3 Å². The van der Waals surface area contributed by atoms with E-state index in [1.807, 2.05) is 32.2 Å². The second-order valence-electron chi connectivity index (χ2n) is 5.32. The lowest BCUT2D eigenvalue weighted by Crippen LogP contribution is -2.27. The van der Waals surface area contributed by atoms with Crippen molar-refractivity contribution in [2.75, 3.05) is 17.3 Å². The zero-order valence-electron chi connectivity index (χ0n) is 13.6. The van der Waals surface area contributed by atoms with Crippen molar-refractivity contribution in [3.05, 3.63) is 23.8 Å². The molecule has 24 heavy (non-hydrogen) atoms. The first-order valence-electron chi connectivity index (χ1n) is 7.46. The monoisotopic (exact) mass is 362 g/mol. The first-order valence-corrected chi connectivity index (χ1v) is 9.50. The molecule has 0 fully saturated rings. The van der Waals surface area contributed by atoms with Gasteiger partial charge in [-0.05, 0) is 37.3 Å². The molecule has 1 amide bonds. The molecule has 0 radical (unpaired) electrons. The molecule has 0 saturated carbocycles. The molecule has 0 aliphatic rings. The van der Waals surface area contributed by atoms with Gasteiger partial charge in [-0.2, -0.15) is 0 Å². The highest BCUT2D eigenvalue weighted by Gasteiger charge is 2.25. The Balaban J connectivity index is 1.87. The molecule has 2 heterocycles. The van der Waals surface area contributed by atoms with Gasteiger partial charge in [0.05, 0.1) is 10.2 Å². The molecule has 126 valence electrons. The summed E-state index contributed by atoms with van der Waals surface area (Å²) in [6.07, 6.45) is 2.45. The molecule has 1 atom stereocenters. The summed E-state index contributed by atoms with van der Waals surface area (Å²) in [6.45, 7) is 3.96. The number of nitrogens with two attached hydrogens (primary N) is 1. The number of nitrogens with zero attached hydrogens (tertiary/aromatic N) is 4. The van der Waals surface area contributed by atoms with Gasteiger partial charge < -0.3 is 11.1 Å². The number of hydrogen-bond acceptors (Lipinski definition) is 7. The number of hydrogen-bond donors (Lipinski definition) is 2. The van der Waals surface area contributed by atoms with E-state index in [-0.39, 0.29) is 11.9 Å². The van der Waals surface area contributed by atoms with Gasteiger partial charge in [-0.15, -0.1) is 10.2 Å². The smallest absolute Gasteiger partial charge is 0.249 e. The van der Waals surface area contributed by atoms with Gasteiger partial charge in [-0.25, -0.2) is 4.98 Å². The molecule has 0 spiro atoms. The van der Waals surface area contributed by atoms with Crippen LogP contribution in [0.4, 0.5) is 11.1 Å². The van der Waals surface area contributed by atoms with Gasteiger partial charge in [0.15, 0.2) is 10.3 Å². The number of fused-ring (bicyclic) bond motifs is 1. The quantitative estimate of drug-likeness (QED) is 0.677. The Morgan fingerprint density at radius 1 is 1.46 bits per heavy atom. The molecule has 3 rings (SSSR count). The first-order chi connectivity index (χ1) is 11.5. The van der Waals surface area contributed by atoms with Crippen LogP contribution in [0.3, 0.4) is 0 Å². The van der Waals surface area contributed by atoms with Crippen molar-refractivity contribution < 1.29 is 4.79 Å². The van der Waals surface area contributed by atoms with Crippen LogP contribution < -0.4 is 11.1 Å². The SMILES string of the molecule is CCC(C(=O)Nc1nc2ccc(C)cc2s1)n1c(N)nnc1SC. The Hall–Kier alpha value is -2.13. The van der Waals surface area contributed by atoms with Crippen LogP contribution in [-0.2, 0) is 4.79 Å². The predicted octanol–water partition coefficient (Wildman–Crippen LogP) is 3.09. The third kappa shape index (κ3) is 3.09. The van der Waals surface area contributed by atoms with Crippen LogP contribution in [0, 0.1) is 6.92 Å². The Bertz CT molecular complexity index is 887. The van der Waals surface area contributed by atoms with Gasteiger partial charge in [0.1, 0.15) is 6.04 Å². The third-order valence-electron chi connectivity index (χ3n) is 3.65. The Labute approximate surface area is 147 Å². The number of nitrogens with one attached hydrogen (secondary N) is 1. The van der Waals surface area contributed by atoms with Crippen molar-refractivity contribution in [2.24, 2.45) is 0 Å². The van der Waals surface area contributed by atoms with E-state index in [1.165, 1.54) is 23.1 Å². The summed E-state index contributed by atoms with van der Waals surface area (Å²) >= 11 is 2.86. The van der Waals surface area contributed by atoms with Gasteiger partial charge >= 0.3 is 0 Å². The minimum Gasteiger partial charge on any atom is -0.368 e. The van der Waals surface area contributed by atoms with Crippen molar-refractivity contribution in [3.63, 3.8) is 0 Å². The van der Waals surface area contributed by atoms with Crippen molar-refractivity contribution in [2.45, 2.75) is 31.5 Å². The number of rotatable bonds is 5. The normalized spacial score (nSPS) is 12.5. The van der Waals surface area contributed by atoms with Crippen LogP contribution in [-0.4, -0.2) is 31.9 Å². The average molecular weight is 362 g/mol. The second kappa shape index (κ2) is 6.78. The lowest BCUT2D eigenvalue weighted by atomic mass is 10.2. The number of carbonyl (C=O) groups is 1.